The Morgan fingerprint density at radius 1 is 0.853 bits per heavy atom. The Morgan fingerprint density at radius 3 is 2.15 bits per heavy atom. The zero-order chi connectivity index (χ0) is 23.8. The van der Waals surface area contributed by atoms with E-state index in [1.165, 1.54) is 10.6 Å². The molecule has 3 aromatic rings. The second-order valence-corrected chi connectivity index (χ2v) is 9.62. The number of aromatic nitrogens is 1. The van der Waals surface area contributed by atoms with Crippen molar-refractivity contribution in [2.75, 3.05) is 36.1 Å². The number of hydrogen-bond donors (Lipinski definition) is 0. The van der Waals surface area contributed by atoms with Gasteiger partial charge in [-0.05, 0) is 86.6 Å². The van der Waals surface area contributed by atoms with Crippen molar-refractivity contribution in [1.82, 2.24) is 4.57 Å². The van der Waals surface area contributed by atoms with Crippen molar-refractivity contribution >= 4 is 40.4 Å². The number of aryl methyl sites for hydroxylation is 2. The fourth-order valence-corrected chi connectivity index (χ4v) is 5.32. The first kappa shape index (κ1) is 22.5. The molecule has 2 fully saturated rings. The van der Waals surface area contributed by atoms with Gasteiger partial charge in [0, 0.05) is 35.9 Å². The largest absolute Gasteiger partial charge is 0.378 e. The molecule has 2 amide bonds. The van der Waals surface area contributed by atoms with Gasteiger partial charge in [0.1, 0.15) is 0 Å². The molecule has 2 aliphatic rings. The first-order chi connectivity index (χ1) is 16.4. The molecule has 0 saturated carbocycles. The first-order valence-electron chi connectivity index (χ1n) is 11.4. The SMILES string of the molecule is Cc1ccc(N2C(=O)S/C(=C\c3cc(C)n(-c4ccc(N5CCOCC5)cc4)c3C)C2=O)cc1. The number of amides is 2. The molecule has 0 spiro atoms. The molecule has 0 N–H and O–H groups in total. The van der Waals surface area contributed by atoms with Crippen molar-refractivity contribution in [2.24, 2.45) is 0 Å². The summed E-state index contributed by atoms with van der Waals surface area (Å²) in [6, 6.07) is 18.0. The molecule has 6 nitrogen and oxygen atoms in total. The maximum absolute atomic E-state index is 13.1. The number of carbonyl (C=O) groups is 2. The first-order valence-corrected chi connectivity index (χ1v) is 12.2. The standard InChI is InChI=1S/C27H27N3O3S/c1-18-4-6-24(7-5-18)30-26(31)25(34-27(30)32)17-21-16-19(2)29(20(21)3)23-10-8-22(9-11-23)28-12-14-33-15-13-28/h4-11,16-17H,12-15H2,1-3H3/b25-17-. The van der Waals surface area contributed by atoms with Crippen LogP contribution in [0.4, 0.5) is 16.2 Å². The van der Waals surface area contributed by atoms with Gasteiger partial charge in [0.15, 0.2) is 0 Å². The van der Waals surface area contributed by atoms with E-state index in [2.05, 4.69) is 46.7 Å². The lowest BCUT2D eigenvalue weighted by Gasteiger charge is -2.29. The van der Waals surface area contributed by atoms with E-state index >= 15 is 0 Å². The van der Waals surface area contributed by atoms with E-state index < -0.39 is 0 Å². The lowest BCUT2D eigenvalue weighted by Crippen LogP contribution is -2.36. The third kappa shape index (κ3) is 4.17. The summed E-state index contributed by atoms with van der Waals surface area (Å²) >= 11 is 0.987. The molecule has 0 radical (unpaired) electrons. The highest BCUT2D eigenvalue weighted by Gasteiger charge is 2.36. The highest BCUT2D eigenvalue weighted by Crippen LogP contribution is 2.36. The highest BCUT2D eigenvalue weighted by molar-refractivity contribution is 8.19. The monoisotopic (exact) mass is 473 g/mol. The van der Waals surface area contributed by atoms with Gasteiger partial charge >= 0.3 is 0 Å². The third-order valence-corrected chi connectivity index (χ3v) is 7.20. The minimum atomic E-state index is -0.279. The molecule has 0 unspecified atom stereocenters. The maximum Gasteiger partial charge on any atom is 0.298 e. The minimum Gasteiger partial charge on any atom is -0.378 e. The Hall–Kier alpha value is -3.29. The van der Waals surface area contributed by atoms with Gasteiger partial charge in [0.25, 0.3) is 11.1 Å². The summed E-state index contributed by atoms with van der Waals surface area (Å²) in [7, 11) is 0. The molecule has 3 heterocycles. The number of ether oxygens (including phenoxy) is 1. The van der Waals surface area contributed by atoms with E-state index in [4.69, 9.17) is 4.74 Å². The lowest BCUT2D eigenvalue weighted by atomic mass is 10.2. The van der Waals surface area contributed by atoms with Gasteiger partial charge in [-0.3, -0.25) is 9.59 Å². The number of carbonyl (C=O) groups excluding carboxylic acids is 2. The van der Waals surface area contributed by atoms with E-state index in [-0.39, 0.29) is 11.1 Å². The van der Waals surface area contributed by atoms with Crippen LogP contribution in [0.2, 0.25) is 0 Å². The average molecular weight is 474 g/mol. The number of benzene rings is 2. The summed E-state index contributed by atoms with van der Waals surface area (Å²) in [6.07, 6.45) is 1.83. The van der Waals surface area contributed by atoms with Gasteiger partial charge in [-0.15, -0.1) is 0 Å². The predicted molar refractivity (Wildman–Crippen MR) is 138 cm³/mol. The average Bonchev–Trinajstić information content (AvgIpc) is 3.28. The maximum atomic E-state index is 13.1. The second kappa shape index (κ2) is 9.16. The highest BCUT2D eigenvalue weighted by atomic mass is 32.2. The molecule has 5 rings (SSSR count). The van der Waals surface area contributed by atoms with Crippen LogP contribution in [0.5, 0.6) is 0 Å². The summed E-state index contributed by atoms with van der Waals surface area (Å²) in [6.45, 7) is 9.40. The number of hydrogen-bond acceptors (Lipinski definition) is 5. The van der Waals surface area contributed by atoms with Gasteiger partial charge in [-0.1, -0.05) is 17.7 Å². The Morgan fingerprint density at radius 2 is 1.47 bits per heavy atom. The van der Waals surface area contributed by atoms with Crippen LogP contribution in [-0.2, 0) is 9.53 Å². The molecule has 1 aromatic heterocycles. The van der Waals surface area contributed by atoms with Crippen LogP contribution in [0.3, 0.4) is 0 Å². The van der Waals surface area contributed by atoms with Gasteiger partial charge in [0.05, 0.1) is 23.8 Å². The molecule has 2 saturated heterocycles. The Labute approximate surface area is 203 Å². The topological polar surface area (TPSA) is 54.8 Å². The normalized spacial score (nSPS) is 17.8. The van der Waals surface area contributed by atoms with Gasteiger partial charge in [-0.2, -0.15) is 0 Å². The van der Waals surface area contributed by atoms with Crippen molar-refractivity contribution < 1.29 is 14.3 Å². The second-order valence-electron chi connectivity index (χ2n) is 8.63. The van der Waals surface area contributed by atoms with Crippen molar-refractivity contribution in [2.45, 2.75) is 20.8 Å². The lowest BCUT2D eigenvalue weighted by molar-refractivity contribution is -0.113. The molecule has 0 atom stereocenters. The molecule has 0 bridgehead atoms. The quantitative estimate of drug-likeness (QED) is 0.470. The molecule has 2 aromatic carbocycles. The molecule has 0 aliphatic carbocycles. The Balaban J connectivity index is 1.41. The summed E-state index contributed by atoms with van der Waals surface area (Å²) in [5.74, 6) is -0.279. The number of rotatable bonds is 4. The van der Waals surface area contributed by atoms with Crippen molar-refractivity contribution in [3.05, 3.63) is 82.0 Å². The summed E-state index contributed by atoms with van der Waals surface area (Å²) in [5, 5.41) is -0.271. The molecular weight excluding hydrogens is 446 g/mol. The number of anilines is 2. The molecular formula is C27H27N3O3S. The van der Waals surface area contributed by atoms with Crippen molar-refractivity contribution in [3.8, 4) is 5.69 Å². The van der Waals surface area contributed by atoms with E-state index in [9.17, 15) is 9.59 Å². The Bertz CT molecular complexity index is 1270. The summed E-state index contributed by atoms with van der Waals surface area (Å²) in [5.41, 5.74) is 6.97. The summed E-state index contributed by atoms with van der Waals surface area (Å²) < 4.78 is 7.63. The van der Waals surface area contributed by atoms with Crippen molar-refractivity contribution in [1.29, 1.82) is 0 Å². The smallest absolute Gasteiger partial charge is 0.298 e. The summed E-state index contributed by atoms with van der Waals surface area (Å²) in [4.78, 5) is 29.7. The predicted octanol–water partition coefficient (Wildman–Crippen LogP) is 5.48. The van der Waals surface area contributed by atoms with Gasteiger partial charge in [0.2, 0.25) is 0 Å². The van der Waals surface area contributed by atoms with Crippen molar-refractivity contribution in [3.63, 3.8) is 0 Å². The van der Waals surface area contributed by atoms with E-state index in [1.807, 2.05) is 32.1 Å². The number of imide groups is 1. The fourth-order valence-electron chi connectivity index (χ4n) is 4.49. The number of morpholine rings is 1. The van der Waals surface area contributed by atoms with Crippen LogP contribution in [-0.4, -0.2) is 42.0 Å². The minimum absolute atomic E-state index is 0.271. The van der Waals surface area contributed by atoms with Crippen LogP contribution >= 0.6 is 11.8 Å². The van der Waals surface area contributed by atoms with Crippen LogP contribution in [0, 0.1) is 20.8 Å². The van der Waals surface area contributed by atoms with E-state index in [0.29, 0.717) is 10.6 Å². The van der Waals surface area contributed by atoms with E-state index in [0.717, 1.165) is 66.3 Å². The third-order valence-electron chi connectivity index (χ3n) is 6.33. The zero-order valence-electron chi connectivity index (χ0n) is 19.6. The zero-order valence-corrected chi connectivity index (χ0v) is 20.4. The molecule has 174 valence electrons. The van der Waals surface area contributed by atoms with Crippen LogP contribution in [0.1, 0.15) is 22.5 Å². The van der Waals surface area contributed by atoms with Crippen LogP contribution in [0.15, 0.2) is 59.5 Å². The molecule has 34 heavy (non-hydrogen) atoms. The van der Waals surface area contributed by atoms with E-state index in [1.54, 1.807) is 12.1 Å². The number of nitrogens with zero attached hydrogens (tertiary/aromatic N) is 3. The van der Waals surface area contributed by atoms with Gasteiger partial charge < -0.3 is 14.2 Å². The van der Waals surface area contributed by atoms with Crippen LogP contribution < -0.4 is 9.80 Å². The fraction of sp³-hybridized carbons (Fsp3) is 0.259. The number of thioether (sulfide) groups is 1. The Kier molecular flexibility index (Phi) is 6.06. The molecule has 7 heteroatoms. The van der Waals surface area contributed by atoms with Gasteiger partial charge in [-0.25, -0.2) is 4.90 Å². The van der Waals surface area contributed by atoms with Crippen LogP contribution in [0.25, 0.3) is 11.8 Å². The molecule has 2 aliphatic heterocycles.